The molecular weight excluding hydrogens is 192 g/mol. The number of aldehydes is 1. The van der Waals surface area contributed by atoms with Crippen molar-refractivity contribution in [2.45, 2.75) is 45.3 Å². The van der Waals surface area contributed by atoms with Crippen LogP contribution in [0.4, 0.5) is 0 Å². The number of carbonyl (C=O) groups excluding carboxylic acids is 1. The maximum Gasteiger partial charge on any atom is 0.163 e. The highest BCUT2D eigenvalue weighted by molar-refractivity contribution is 5.64. The summed E-state index contributed by atoms with van der Waals surface area (Å²) in [6, 6.07) is 0. The SMILES string of the molecule is CC(O)(O)C1CCCCC1(C)/C=C/C=O. The van der Waals surface area contributed by atoms with Crippen LogP contribution in [0.1, 0.15) is 39.5 Å². The van der Waals surface area contributed by atoms with E-state index < -0.39 is 5.79 Å². The van der Waals surface area contributed by atoms with Crippen molar-refractivity contribution in [2.24, 2.45) is 11.3 Å². The number of allylic oxidation sites excluding steroid dienone is 2. The molecule has 0 aromatic heterocycles. The largest absolute Gasteiger partial charge is 0.366 e. The van der Waals surface area contributed by atoms with Gasteiger partial charge >= 0.3 is 0 Å². The fraction of sp³-hybridized carbons (Fsp3) is 0.750. The summed E-state index contributed by atoms with van der Waals surface area (Å²) in [5.74, 6) is -1.86. The van der Waals surface area contributed by atoms with Crippen LogP contribution in [0.25, 0.3) is 0 Å². The average Bonchev–Trinajstić information content (AvgIpc) is 2.14. The van der Waals surface area contributed by atoms with Gasteiger partial charge in [-0.3, -0.25) is 4.79 Å². The van der Waals surface area contributed by atoms with Crippen molar-refractivity contribution in [1.82, 2.24) is 0 Å². The van der Waals surface area contributed by atoms with E-state index >= 15 is 0 Å². The normalized spacial score (nSPS) is 33.2. The van der Waals surface area contributed by atoms with E-state index in [0.29, 0.717) is 0 Å². The first-order valence-electron chi connectivity index (χ1n) is 5.48. The highest BCUT2D eigenvalue weighted by Gasteiger charge is 2.43. The molecule has 0 bridgehead atoms. The molecule has 3 heteroatoms. The molecule has 0 aromatic rings. The van der Waals surface area contributed by atoms with Crippen LogP contribution >= 0.6 is 0 Å². The lowest BCUT2D eigenvalue weighted by Gasteiger charge is -2.44. The Bertz CT molecular complexity index is 252. The van der Waals surface area contributed by atoms with Gasteiger partial charge in [0.25, 0.3) is 0 Å². The Morgan fingerprint density at radius 2 is 2.07 bits per heavy atom. The zero-order valence-corrected chi connectivity index (χ0v) is 9.44. The second kappa shape index (κ2) is 4.45. The minimum atomic E-state index is -1.66. The van der Waals surface area contributed by atoms with Gasteiger partial charge in [-0.25, -0.2) is 0 Å². The quantitative estimate of drug-likeness (QED) is 0.425. The number of aliphatic hydroxyl groups is 2. The smallest absolute Gasteiger partial charge is 0.163 e. The van der Waals surface area contributed by atoms with Crippen molar-refractivity contribution in [1.29, 1.82) is 0 Å². The summed E-state index contributed by atoms with van der Waals surface area (Å²) in [5, 5.41) is 19.4. The van der Waals surface area contributed by atoms with Gasteiger partial charge in [0, 0.05) is 5.92 Å². The second-order valence-electron chi connectivity index (χ2n) is 4.89. The molecule has 0 saturated heterocycles. The molecule has 2 atom stereocenters. The van der Waals surface area contributed by atoms with Gasteiger partial charge in [-0.1, -0.05) is 25.8 Å². The van der Waals surface area contributed by atoms with Crippen molar-refractivity contribution < 1.29 is 15.0 Å². The van der Waals surface area contributed by atoms with Gasteiger partial charge in [0.1, 0.15) is 6.29 Å². The Morgan fingerprint density at radius 3 is 2.60 bits per heavy atom. The van der Waals surface area contributed by atoms with Crippen LogP contribution in [0.3, 0.4) is 0 Å². The van der Waals surface area contributed by atoms with Crippen LogP contribution < -0.4 is 0 Å². The lowest BCUT2D eigenvalue weighted by Crippen LogP contribution is -2.45. The van der Waals surface area contributed by atoms with Crippen LogP contribution in [-0.2, 0) is 4.79 Å². The fourth-order valence-electron chi connectivity index (χ4n) is 2.72. The van der Waals surface area contributed by atoms with Crippen molar-refractivity contribution >= 4 is 6.29 Å². The van der Waals surface area contributed by atoms with Gasteiger partial charge < -0.3 is 10.2 Å². The number of hydrogen-bond acceptors (Lipinski definition) is 3. The molecule has 1 rings (SSSR count). The van der Waals surface area contributed by atoms with E-state index in [2.05, 4.69) is 0 Å². The zero-order valence-electron chi connectivity index (χ0n) is 9.44. The summed E-state index contributed by atoms with van der Waals surface area (Å²) in [6.07, 6.45) is 7.81. The predicted octanol–water partition coefficient (Wildman–Crippen LogP) is 1.64. The molecule has 0 amide bonds. The molecule has 86 valence electrons. The summed E-state index contributed by atoms with van der Waals surface area (Å²) in [6.45, 7) is 3.41. The van der Waals surface area contributed by atoms with Gasteiger partial charge in [-0.15, -0.1) is 0 Å². The van der Waals surface area contributed by atoms with Gasteiger partial charge in [0.05, 0.1) is 0 Å². The van der Waals surface area contributed by atoms with E-state index in [1.165, 1.54) is 13.0 Å². The second-order valence-corrected chi connectivity index (χ2v) is 4.89. The molecule has 1 aliphatic rings. The highest BCUT2D eigenvalue weighted by Crippen LogP contribution is 2.46. The molecule has 0 spiro atoms. The average molecular weight is 212 g/mol. The van der Waals surface area contributed by atoms with Crippen molar-refractivity contribution in [3.63, 3.8) is 0 Å². The van der Waals surface area contributed by atoms with E-state index in [0.717, 1.165) is 32.0 Å². The molecule has 1 saturated carbocycles. The van der Waals surface area contributed by atoms with E-state index in [1.807, 2.05) is 13.0 Å². The molecule has 0 heterocycles. The minimum Gasteiger partial charge on any atom is -0.366 e. The molecule has 1 fully saturated rings. The first kappa shape index (κ1) is 12.4. The maximum atomic E-state index is 10.3. The predicted molar refractivity (Wildman–Crippen MR) is 58.1 cm³/mol. The molecule has 15 heavy (non-hydrogen) atoms. The third-order valence-electron chi connectivity index (χ3n) is 3.47. The first-order chi connectivity index (χ1) is 6.90. The van der Waals surface area contributed by atoms with Crippen molar-refractivity contribution in [3.05, 3.63) is 12.2 Å². The zero-order chi connectivity index (χ0) is 11.5. The molecule has 0 aromatic carbocycles. The number of rotatable bonds is 3. The number of carbonyl (C=O) groups is 1. The molecule has 2 unspecified atom stereocenters. The Hall–Kier alpha value is -0.670. The molecule has 3 nitrogen and oxygen atoms in total. The van der Waals surface area contributed by atoms with Crippen LogP contribution in [0.5, 0.6) is 0 Å². The lowest BCUT2D eigenvalue weighted by molar-refractivity contribution is -0.213. The lowest BCUT2D eigenvalue weighted by atomic mass is 9.64. The Kier molecular flexibility index (Phi) is 3.68. The Labute approximate surface area is 90.8 Å². The summed E-state index contributed by atoms with van der Waals surface area (Å²) >= 11 is 0. The third-order valence-corrected chi connectivity index (χ3v) is 3.47. The van der Waals surface area contributed by atoms with Gasteiger partial charge in [0.2, 0.25) is 0 Å². The Balaban J connectivity index is 2.90. The standard InChI is InChI=1S/C12H20O3/c1-11(8-5-9-13)7-4-3-6-10(11)12(2,14)15/h5,8-10,14-15H,3-4,6-7H2,1-2H3/b8-5+. The van der Waals surface area contributed by atoms with E-state index in [1.54, 1.807) is 0 Å². The van der Waals surface area contributed by atoms with Crippen LogP contribution in [0.2, 0.25) is 0 Å². The summed E-state index contributed by atoms with van der Waals surface area (Å²) < 4.78 is 0. The van der Waals surface area contributed by atoms with Gasteiger partial charge in [0.15, 0.2) is 5.79 Å². The molecular formula is C12H20O3. The van der Waals surface area contributed by atoms with E-state index in [-0.39, 0.29) is 11.3 Å². The van der Waals surface area contributed by atoms with Crippen LogP contribution in [-0.4, -0.2) is 22.3 Å². The third kappa shape index (κ3) is 2.89. The monoisotopic (exact) mass is 212 g/mol. The van der Waals surface area contributed by atoms with Gasteiger partial charge in [-0.05, 0) is 31.3 Å². The van der Waals surface area contributed by atoms with Gasteiger partial charge in [-0.2, -0.15) is 0 Å². The molecule has 0 radical (unpaired) electrons. The molecule has 1 aliphatic carbocycles. The van der Waals surface area contributed by atoms with Crippen molar-refractivity contribution in [2.75, 3.05) is 0 Å². The first-order valence-corrected chi connectivity index (χ1v) is 5.48. The summed E-state index contributed by atoms with van der Waals surface area (Å²) in [7, 11) is 0. The highest BCUT2D eigenvalue weighted by atomic mass is 16.5. The maximum absolute atomic E-state index is 10.3. The molecule has 0 aliphatic heterocycles. The van der Waals surface area contributed by atoms with E-state index in [9.17, 15) is 15.0 Å². The summed E-state index contributed by atoms with van der Waals surface area (Å²) in [4.78, 5) is 10.3. The van der Waals surface area contributed by atoms with Crippen LogP contribution in [0, 0.1) is 11.3 Å². The van der Waals surface area contributed by atoms with Crippen LogP contribution in [0.15, 0.2) is 12.2 Å². The Morgan fingerprint density at radius 1 is 1.40 bits per heavy atom. The van der Waals surface area contributed by atoms with E-state index in [4.69, 9.17) is 0 Å². The topological polar surface area (TPSA) is 57.5 Å². The number of hydrogen-bond donors (Lipinski definition) is 2. The molecule has 2 N–H and O–H groups in total. The fourth-order valence-corrected chi connectivity index (χ4v) is 2.72. The minimum absolute atomic E-state index is 0.199. The van der Waals surface area contributed by atoms with Crippen molar-refractivity contribution in [3.8, 4) is 0 Å². The summed E-state index contributed by atoms with van der Waals surface area (Å²) in [5.41, 5.74) is -0.280.